The summed E-state index contributed by atoms with van der Waals surface area (Å²) in [6.45, 7) is 5.56. The number of aryl methyl sites for hydroxylation is 2. The Morgan fingerprint density at radius 2 is 1.87 bits per heavy atom. The molecule has 1 aromatic carbocycles. The topological polar surface area (TPSA) is 102 Å². The number of rotatable bonds is 7. The van der Waals surface area contributed by atoms with Crippen LogP contribution in [0.4, 0.5) is 11.5 Å². The number of benzene rings is 1. The average molecular weight is 529 g/mol. The minimum Gasteiger partial charge on any atom is -0.381 e. The van der Waals surface area contributed by atoms with Gasteiger partial charge in [-0.1, -0.05) is 0 Å². The number of hydrogen-bond donors (Lipinski definition) is 2. The van der Waals surface area contributed by atoms with E-state index in [2.05, 4.69) is 26.7 Å². The lowest BCUT2D eigenvalue weighted by atomic mass is 10.0. The Hall–Kier alpha value is -3.50. The molecule has 2 saturated heterocycles. The predicted molar refractivity (Wildman–Crippen MR) is 150 cm³/mol. The Bertz CT molecular complexity index is 1520. The minimum atomic E-state index is -0.212. The zero-order valence-corrected chi connectivity index (χ0v) is 22.7. The maximum absolute atomic E-state index is 13.5. The molecule has 10 heteroatoms. The van der Waals surface area contributed by atoms with Gasteiger partial charge >= 0.3 is 0 Å². The van der Waals surface area contributed by atoms with E-state index >= 15 is 0 Å². The zero-order valence-electron chi connectivity index (χ0n) is 22.7. The second-order valence-corrected chi connectivity index (χ2v) is 11.5. The van der Waals surface area contributed by atoms with Gasteiger partial charge in [0.2, 0.25) is 0 Å². The summed E-state index contributed by atoms with van der Waals surface area (Å²) in [6.07, 6.45) is 12.6. The number of hydrogen-bond acceptors (Lipinski definition) is 7. The number of aromatic nitrogens is 5. The van der Waals surface area contributed by atoms with Crippen LogP contribution >= 0.6 is 0 Å². The van der Waals surface area contributed by atoms with Crippen molar-refractivity contribution in [3.8, 4) is 0 Å². The maximum atomic E-state index is 13.5. The Kier molecular flexibility index (Phi) is 6.24. The molecule has 4 aromatic rings. The lowest BCUT2D eigenvalue weighted by Gasteiger charge is -2.34. The first-order valence-corrected chi connectivity index (χ1v) is 14.2. The second-order valence-electron chi connectivity index (χ2n) is 11.5. The fraction of sp³-hybridized carbons (Fsp3) is 0.517. The monoisotopic (exact) mass is 528 g/mol. The number of nitrogens with one attached hydrogen (secondary N) is 2. The van der Waals surface area contributed by atoms with Crippen LogP contribution in [0.5, 0.6) is 0 Å². The molecule has 1 amide bonds. The van der Waals surface area contributed by atoms with Gasteiger partial charge in [-0.25, -0.2) is 4.98 Å². The van der Waals surface area contributed by atoms with Crippen molar-refractivity contribution in [1.82, 2.24) is 29.5 Å². The van der Waals surface area contributed by atoms with Gasteiger partial charge in [0.05, 0.1) is 23.1 Å². The third-order valence-electron chi connectivity index (χ3n) is 8.27. The molecule has 1 aliphatic carbocycles. The normalized spacial score (nSPS) is 20.4. The van der Waals surface area contributed by atoms with E-state index in [0.29, 0.717) is 28.9 Å². The first kappa shape index (κ1) is 24.5. The van der Waals surface area contributed by atoms with Gasteiger partial charge in [-0.3, -0.25) is 14.5 Å². The van der Waals surface area contributed by atoms with Crippen molar-refractivity contribution >= 4 is 34.0 Å². The van der Waals surface area contributed by atoms with Crippen LogP contribution in [0.3, 0.4) is 0 Å². The number of imidazole rings is 1. The van der Waals surface area contributed by atoms with Crippen LogP contribution in [0.1, 0.15) is 53.8 Å². The molecule has 204 valence electrons. The largest absolute Gasteiger partial charge is 0.381 e. The summed E-state index contributed by atoms with van der Waals surface area (Å²) >= 11 is 0. The highest BCUT2D eigenvalue weighted by Gasteiger charge is 2.28. The molecule has 10 nitrogen and oxygen atoms in total. The van der Waals surface area contributed by atoms with Gasteiger partial charge in [-0.2, -0.15) is 5.10 Å². The lowest BCUT2D eigenvalue weighted by Crippen LogP contribution is -2.43. The van der Waals surface area contributed by atoms with Gasteiger partial charge in [0.15, 0.2) is 11.5 Å². The van der Waals surface area contributed by atoms with E-state index < -0.39 is 0 Å². The maximum Gasteiger partial charge on any atom is 0.259 e. The van der Waals surface area contributed by atoms with Crippen LogP contribution in [-0.2, 0) is 18.2 Å². The van der Waals surface area contributed by atoms with Gasteiger partial charge < -0.3 is 24.7 Å². The highest BCUT2D eigenvalue weighted by atomic mass is 16.5. The van der Waals surface area contributed by atoms with Gasteiger partial charge in [-0.05, 0) is 63.5 Å². The molecular weight excluding hydrogens is 492 g/mol. The summed E-state index contributed by atoms with van der Waals surface area (Å²) in [7, 11) is 1.91. The fourth-order valence-electron chi connectivity index (χ4n) is 6.13. The van der Waals surface area contributed by atoms with Crippen molar-refractivity contribution in [2.45, 2.75) is 57.5 Å². The predicted octanol–water partition coefficient (Wildman–Crippen LogP) is 3.48. The van der Waals surface area contributed by atoms with Crippen molar-refractivity contribution in [3.05, 3.63) is 47.7 Å². The SMILES string of the molecule is Cc1cn2cc(NC(=O)c3ccc(N4CCC(NC5CC5)CC4)c4cn(C)nc34)nc2c(CC2CCOC2)n1. The zero-order chi connectivity index (χ0) is 26.5. The molecule has 0 radical (unpaired) electrons. The summed E-state index contributed by atoms with van der Waals surface area (Å²) in [6, 6.07) is 5.33. The summed E-state index contributed by atoms with van der Waals surface area (Å²) in [4.78, 5) is 25.5. The summed E-state index contributed by atoms with van der Waals surface area (Å²) in [5.74, 6) is 0.750. The molecular formula is C29H36N8O2. The number of anilines is 2. The van der Waals surface area contributed by atoms with Crippen molar-refractivity contribution in [2.75, 3.05) is 36.5 Å². The molecule has 2 aliphatic heterocycles. The van der Waals surface area contributed by atoms with Crippen LogP contribution < -0.4 is 15.5 Å². The van der Waals surface area contributed by atoms with Crippen LogP contribution in [0.25, 0.3) is 16.6 Å². The van der Waals surface area contributed by atoms with Crippen LogP contribution in [0.2, 0.25) is 0 Å². The minimum absolute atomic E-state index is 0.212. The number of nitrogens with zero attached hydrogens (tertiary/aromatic N) is 6. The molecule has 1 atom stereocenters. The number of carbonyl (C=O) groups excluding carboxylic acids is 1. The highest BCUT2D eigenvalue weighted by molar-refractivity contribution is 6.13. The van der Waals surface area contributed by atoms with Crippen LogP contribution in [0.15, 0.2) is 30.7 Å². The number of ether oxygens (including phenoxy) is 1. The van der Waals surface area contributed by atoms with E-state index in [1.807, 2.05) is 43.0 Å². The van der Waals surface area contributed by atoms with Gasteiger partial charge in [0.1, 0.15) is 5.52 Å². The van der Waals surface area contributed by atoms with Crippen molar-refractivity contribution in [2.24, 2.45) is 13.0 Å². The average Bonchev–Trinajstić information content (AvgIpc) is 3.25. The Balaban J connectivity index is 1.12. The number of piperidine rings is 1. The van der Waals surface area contributed by atoms with Gasteiger partial charge in [0.25, 0.3) is 5.91 Å². The Morgan fingerprint density at radius 1 is 1.05 bits per heavy atom. The second kappa shape index (κ2) is 9.91. The summed E-state index contributed by atoms with van der Waals surface area (Å²) in [5.41, 5.74) is 5.06. The van der Waals surface area contributed by atoms with E-state index in [1.165, 1.54) is 12.8 Å². The third kappa shape index (κ3) is 4.98. The Labute approximate surface area is 227 Å². The number of carbonyl (C=O) groups is 1. The van der Waals surface area contributed by atoms with Crippen molar-refractivity contribution in [1.29, 1.82) is 0 Å². The van der Waals surface area contributed by atoms with Gasteiger partial charge in [0, 0.05) is 68.9 Å². The quantitative estimate of drug-likeness (QED) is 0.379. The van der Waals surface area contributed by atoms with E-state index in [9.17, 15) is 4.79 Å². The standard InChI is InChI=1S/C29H36N8O2/c1-18-14-37-16-26(32-28(37)24(30-18)13-19-9-12-39-17-19)33-29(38)22-5-6-25(23-15-35(2)34-27(22)23)36-10-7-21(8-11-36)31-20-3-4-20/h5-6,14-16,19-21,31H,3-4,7-13,17H2,1-2H3,(H,33,38). The molecule has 3 aliphatic rings. The Morgan fingerprint density at radius 3 is 2.64 bits per heavy atom. The van der Waals surface area contributed by atoms with Gasteiger partial charge in [-0.15, -0.1) is 0 Å². The fourth-order valence-corrected chi connectivity index (χ4v) is 6.13. The summed E-state index contributed by atoms with van der Waals surface area (Å²) in [5, 5.41) is 12.5. The molecule has 0 spiro atoms. The molecule has 1 saturated carbocycles. The number of fused-ring (bicyclic) bond motifs is 2. The first-order chi connectivity index (χ1) is 19.0. The van der Waals surface area contributed by atoms with Crippen molar-refractivity contribution < 1.29 is 9.53 Å². The van der Waals surface area contributed by atoms with E-state index in [1.54, 1.807) is 4.68 Å². The highest BCUT2D eigenvalue weighted by Crippen LogP contribution is 2.32. The van der Waals surface area contributed by atoms with Crippen molar-refractivity contribution in [3.63, 3.8) is 0 Å². The van der Waals surface area contributed by atoms with Crippen LogP contribution in [0, 0.1) is 12.8 Å². The third-order valence-corrected chi connectivity index (χ3v) is 8.27. The first-order valence-electron chi connectivity index (χ1n) is 14.2. The smallest absolute Gasteiger partial charge is 0.259 e. The molecule has 3 aromatic heterocycles. The van der Waals surface area contributed by atoms with E-state index in [0.717, 1.165) is 86.1 Å². The molecule has 3 fully saturated rings. The van der Waals surface area contributed by atoms with Crippen LogP contribution in [-0.4, -0.2) is 68.4 Å². The molecule has 2 N–H and O–H groups in total. The lowest BCUT2D eigenvalue weighted by molar-refractivity contribution is 0.102. The van der Waals surface area contributed by atoms with E-state index in [4.69, 9.17) is 14.7 Å². The molecule has 0 bridgehead atoms. The summed E-state index contributed by atoms with van der Waals surface area (Å²) < 4.78 is 9.32. The molecule has 7 rings (SSSR count). The molecule has 5 heterocycles. The number of amides is 1. The van der Waals surface area contributed by atoms with E-state index in [-0.39, 0.29) is 5.91 Å². The molecule has 39 heavy (non-hydrogen) atoms. The molecule has 1 unspecified atom stereocenters.